The van der Waals surface area contributed by atoms with E-state index < -0.39 is 17.7 Å². The summed E-state index contributed by atoms with van der Waals surface area (Å²) >= 11 is 9.59. The van der Waals surface area contributed by atoms with Gasteiger partial charge in [0.1, 0.15) is 5.69 Å². The number of aromatic nitrogens is 1. The molecule has 0 aliphatic carbocycles. The molecule has 1 heterocycles. The summed E-state index contributed by atoms with van der Waals surface area (Å²) < 4.78 is 2.10. The first-order valence-corrected chi connectivity index (χ1v) is 11.5. The number of nitrogens with one attached hydrogen (secondary N) is 3. The zero-order valence-corrected chi connectivity index (χ0v) is 20.6. The van der Waals surface area contributed by atoms with E-state index in [9.17, 15) is 14.4 Å². The number of nitrogens with zero attached hydrogens (tertiary/aromatic N) is 1. The van der Waals surface area contributed by atoms with Gasteiger partial charge in [0.25, 0.3) is 5.91 Å². The van der Waals surface area contributed by atoms with E-state index in [0.717, 1.165) is 10.0 Å². The summed E-state index contributed by atoms with van der Waals surface area (Å²) in [6.07, 6.45) is 0. The average Bonchev–Trinajstić information content (AvgIpc) is 3.15. The van der Waals surface area contributed by atoms with Crippen LogP contribution in [-0.2, 0) is 9.59 Å². The summed E-state index contributed by atoms with van der Waals surface area (Å²) in [4.78, 5) is 38.4. The van der Waals surface area contributed by atoms with Gasteiger partial charge in [-0.25, -0.2) is 4.68 Å². The number of halogens is 2. The van der Waals surface area contributed by atoms with E-state index in [1.165, 1.54) is 4.68 Å². The molecule has 4 rings (SSSR count). The standard InChI is InChI=1S/C25H20BrClN4O3/c1-14-6-9-18(10-7-14)28-24(33)25(34)30-31-21-11-8-17(26)12-16(21)13-22(31)23(32)29-20-5-3-4-19(27)15(20)2/h3-13H,1-2H3,(H,28,33)(H,29,32)(H,30,34). The minimum absolute atomic E-state index is 0.143. The molecule has 172 valence electrons. The number of hydrogen-bond donors (Lipinski definition) is 3. The molecule has 0 aliphatic rings. The number of hydrogen-bond acceptors (Lipinski definition) is 3. The molecule has 0 radical (unpaired) electrons. The molecule has 1 aromatic heterocycles. The molecule has 3 amide bonds. The van der Waals surface area contributed by atoms with Gasteiger partial charge in [-0.1, -0.05) is 51.3 Å². The summed E-state index contributed by atoms with van der Waals surface area (Å²) in [5, 5.41) is 6.59. The average molecular weight is 540 g/mol. The largest absolute Gasteiger partial charge is 0.328 e. The third-order valence-electron chi connectivity index (χ3n) is 5.24. The zero-order valence-electron chi connectivity index (χ0n) is 18.3. The van der Waals surface area contributed by atoms with Crippen LogP contribution in [0, 0.1) is 13.8 Å². The minimum Gasteiger partial charge on any atom is -0.320 e. The monoisotopic (exact) mass is 538 g/mol. The van der Waals surface area contributed by atoms with Crippen molar-refractivity contribution in [1.82, 2.24) is 4.68 Å². The van der Waals surface area contributed by atoms with Gasteiger partial charge in [-0.05, 0) is 67.9 Å². The van der Waals surface area contributed by atoms with Crippen molar-refractivity contribution in [2.24, 2.45) is 0 Å². The number of fused-ring (bicyclic) bond motifs is 1. The van der Waals surface area contributed by atoms with Gasteiger partial charge in [0.15, 0.2) is 0 Å². The Morgan fingerprint density at radius 2 is 1.62 bits per heavy atom. The van der Waals surface area contributed by atoms with Crippen molar-refractivity contribution in [2.45, 2.75) is 13.8 Å². The third-order valence-corrected chi connectivity index (χ3v) is 6.14. The van der Waals surface area contributed by atoms with Crippen LogP contribution in [0.15, 0.2) is 71.2 Å². The fourth-order valence-corrected chi connectivity index (χ4v) is 3.93. The molecule has 0 atom stereocenters. The van der Waals surface area contributed by atoms with E-state index in [0.29, 0.717) is 32.9 Å². The highest BCUT2D eigenvalue weighted by Crippen LogP contribution is 2.26. The first kappa shape index (κ1) is 23.5. The predicted octanol–water partition coefficient (Wildman–Crippen LogP) is 5.64. The van der Waals surface area contributed by atoms with Crippen molar-refractivity contribution in [3.63, 3.8) is 0 Å². The van der Waals surface area contributed by atoms with E-state index in [4.69, 9.17) is 11.6 Å². The number of rotatable bonds is 4. The van der Waals surface area contributed by atoms with Crippen molar-refractivity contribution in [2.75, 3.05) is 16.1 Å². The van der Waals surface area contributed by atoms with Crippen molar-refractivity contribution >= 4 is 67.5 Å². The van der Waals surface area contributed by atoms with Gasteiger partial charge in [-0.15, -0.1) is 0 Å². The maximum absolute atomic E-state index is 13.2. The second kappa shape index (κ2) is 9.70. The van der Waals surface area contributed by atoms with Crippen LogP contribution in [0.3, 0.4) is 0 Å². The maximum atomic E-state index is 13.2. The summed E-state index contributed by atoms with van der Waals surface area (Å²) in [5.74, 6) is -2.26. The lowest BCUT2D eigenvalue weighted by Crippen LogP contribution is -2.36. The number of anilines is 2. The Morgan fingerprint density at radius 3 is 2.35 bits per heavy atom. The van der Waals surface area contributed by atoms with Gasteiger partial charge in [-0.3, -0.25) is 19.8 Å². The number of benzene rings is 3. The highest BCUT2D eigenvalue weighted by Gasteiger charge is 2.21. The Kier molecular flexibility index (Phi) is 6.72. The van der Waals surface area contributed by atoms with Crippen LogP contribution in [0.1, 0.15) is 21.6 Å². The van der Waals surface area contributed by atoms with Crippen molar-refractivity contribution in [3.05, 3.63) is 93.0 Å². The van der Waals surface area contributed by atoms with Crippen LogP contribution in [0.5, 0.6) is 0 Å². The molecule has 0 bridgehead atoms. The second-order valence-corrected chi connectivity index (χ2v) is 9.02. The second-order valence-electron chi connectivity index (χ2n) is 7.70. The zero-order chi connectivity index (χ0) is 24.4. The van der Waals surface area contributed by atoms with Crippen molar-refractivity contribution < 1.29 is 14.4 Å². The highest BCUT2D eigenvalue weighted by atomic mass is 79.9. The van der Waals surface area contributed by atoms with Gasteiger partial charge in [-0.2, -0.15) is 0 Å². The van der Waals surface area contributed by atoms with E-state index in [1.807, 2.05) is 25.1 Å². The van der Waals surface area contributed by atoms with Crippen LogP contribution >= 0.6 is 27.5 Å². The first-order chi connectivity index (χ1) is 16.2. The number of carbonyl (C=O) groups is 3. The van der Waals surface area contributed by atoms with E-state index in [1.54, 1.807) is 55.5 Å². The van der Waals surface area contributed by atoms with Crippen LogP contribution in [0.4, 0.5) is 11.4 Å². The molecule has 7 nitrogen and oxygen atoms in total. The smallest absolute Gasteiger partial charge is 0.320 e. The van der Waals surface area contributed by atoms with Gasteiger partial charge >= 0.3 is 11.8 Å². The minimum atomic E-state index is -0.922. The molecule has 4 aromatic rings. The van der Waals surface area contributed by atoms with Gasteiger partial charge in [0, 0.05) is 26.3 Å². The lowest BCUT2D eigenvalue weighted by molar-refractivity contribution is -0.133. The fourth-order valence-electron chi connectivity index (χ4n) is 3.38. The Bertz CT molecular complexity index is 1430. The van der Waals surface area contributed by atoms with E-state index in [-0.39, 0.29) is 5.69 Å². The molecule has 0 spiro atoms. The normalized spacial score (nSPS) is 10.7. The maximum Gasteiger partial charge on any atom is 0.328 e. The lowest BCUT2D eigenvalue weighted by Gasteiger charge is -2.14. The third kappa shape index (κ3) is 4.98. The summed E-state index contributed by atoms with van der Waals surface area (Å²) in [6.45, 7) is 3.72. The molecular formula is C25H20BrClN4O3. The summed E-state index contributed by atoms with van der Waals surface area (Å²) in [6, 6.07) is 19.2. The Hall–Kier alpha value is -3.62. The molecule has 0 saturated heterocycles. The van der Waals surface area contributed by atoms with Crippen molar-refractivity contribution in [1.29, 1.82) is 0 Å². The quantitative estimate of drug-likeness (QED) is 0.293. The molecule has 0 aliphatic heterocycles. The fraction of sp³-hybridized carbons (Fsp3) is 0.0800. The topological polar surface area (TPSA) is 92.2 Å². The molecule has 9 heteroatoms. The highest BCUT2D eigenvalue weighted by molar-refractivity contribution is 9.10. The van der Waals surface area contributed by atoms with Crippen LogP contribution < -0.4 is 16.1 Å². The molecule has 0 saturated carbocycles. The van der Waals surface area contributed by atoms with Gasteiger partial charge < -0.3 is 10.6 Å². The Balaban J connectivity index is 1.64. The molecule has 0 unspecified atom stereocenters. The number of amides is 3. The summed E-state index contributed by atoms with van der Waals surface area (Å²) in [5.41, 5.74) is 6.00. The van der Waals surface area contributed by atoms with Crippen molar-refractivity contribution in [3.8, 4) is 0 Å². The molecule has 3 aromatic carbocycles. The Morgan fingerprint density at radius 1 is 0.882 bits per heavy atom. The molecular weight excluding hydrogens is 520 g/mol. The predicted molar refractivity (Wildman–Crippen MR) is 138 cm³/mol. The summed E-state index contributed by atoms with van der Waals surface area (Å²) in [7, 11) is 0. The SMILES string of the molecule is Cc1ccc(NC(=O)C(=O)Nn2c(C(=O)Nc3cccc(Cl)c3C)cc3cc(Br)ccc32)cc1. The van der Waals surface area contributed by atoms with Gasteiger partial charge in [0.05, 0.1) is 5.52 Å². The van der Waals surface area contributed by atoms with Crippen LogP contribution in [0.25, 0.3) is 10.9 Å². The van der Waals surface area contributed by atoms with Gasteiger partial charge in [0.2, 0.25) is 0 Å². The van der Waals surface area contributed by atoms with Crippen LogP contribution in [0.2, 0.25) is 5.02 Å². The number of carbonyl (C=O) groups excluding carboxylic acids is 3. The Labute approximate surface area is 209 Å². The van der Waals surface area contributed by atoms with Crippen LogP contribution in [-0.4, -0.2) is 22.4 Å². The lowest BCUT2D eigenvalue weighted by atomic mass is 10.2. The molecule has 34 heavy (non-hydrogen) atoms. The van der Waals surface area contributed by atoms with E-state index >= 15 is 0 Å². The molecule has 3 N–H and O–H groups in total. The molecule has 0 fully saturated rings. The first-order valence-electron chi connectivity index (χ1n) is 10.3. The van der Waals surface area contributed by atoms with E-state index in [2.05, 4.69) is 32.0 Å². The number of aryl methyl sites for hydroxylation is 1.